The third-order valence-corrected chi connectivity index (χ3v) is 3.81. The fourth-order valence-corrected chi connectivity index (χ4v) is 2.70. The number of hydrogen-bond donors (Lipinski definition) is 1. The van der Waals surface area contributed by atoms with Crippen molar-refractivity contribution >= 4 is 10.8 Å². The minimum atomic E-state index is 0.242. The molecule has 0 spiro atoms. The van der Waals surface area contributed by atoms with Crippen LogP contribution in [0.2, 0.25) is 0 Å². The second-order valence-electron chi connectivity index (χ2n) is 5.27. The highest BCUT2D eigenvalue weighted by Crippen LogP contribution is 2.26. The Kier molecular flexibility index (Phi) is 4.02. The first-order valence-electron chi connectivity index (χ1n) is 7.26. The Balaban J connectivity index is 1.66. The van der Waals surface area contributed by atoms with Crippen LogP contribution in [0.25, 0.3) is 10.8 Å². The summed E-state index contributed by atoms with van der Waals surface area (Å²) < 4.78 is 5.81. The number of aromatic nitrogens is 1. The molecule has 0 bridgehead atoms. The van der Waals surface area contributed by atoms with Gasteiger partial charge in [-0.05, 0) is 49.5 Å². The van der Waals surface area contributed by atoms with Crippen LogP contribution in [0.3, 0.4) is 0 Å². The van der Waals surface area contributed by atoms with E-state index in [1.54, 1.807) is 18.3 Å². The molecule has 1 saturated heterocycles. The highest BCUT2D eigenvalue weighted by Gasteiger charge is 2.10. The molecule has 0 unspecified atom stereocenters. The number of likely N-dealkylation sites (tertiary alicyclic amines) is 1. The molecule has 4 heteroatoms. The number of phenolic OH excluding ortho intramolecular Hbond substituents is 1. The molecule has 0 radical (unpaired) electrons. The molecule has 2 heterocycles. The Hall–Kier alpha value is -1.81. The van der Waals surface area contributed by atoms with Crippen molar-refractivity contribution < 1.29 is 9.84 Å². The predicted molar refractivity (Wildman–Crippen MR) is 79.2 cm³/mol. The molecule has 1 aliphatic rings. The molecule has 1 N–H and O–H groups in total. The van der Waals surface area contributed by atoms with Crippen LogP contribution in [0, 0.1) is 0 Å². The average Bonchev–Trinajstić information content (AvgIpc) is 2.49. The van der Waals surface area contributed by atoms with Crippen LogP contribution in [0.4, 0.5) is 0 Å². The monoisotopic (exact) mass is 272 g/mol. The summed E-state index contributed by atoms with van der Waals surface area (Å²) >= 11 is 0. The number of phenols is 1. The summed E-state index contributed by atoms with van der Waals surface area (Å²) in [7, 11) is 0. The van der Waals surface area contributed by atoms with Gasteiger partial charge in [0.2, 0.25) is 5.88 Å². The van der Waals surface area contributed by atoms with Crippen LogP contribution in [0.15, 0.2) is 30.5 Å². The van der Waals surface area contributed by atoms with Crippen molar-refractivity contribution in [1.82, 2.24) is 9.88 Å². The van der Waals surface area contributed by atoms with Crippen molar-refractivity contribution in [2.24, 2.45) is 0 Å². The van der Waals surface area contributed by atoms with E-state index in [2.05, 4.69) is 9.88 Å². The van der Waals surface area contributed by atoms with E-state index in [0.29, 0.717) is 12.5 Å². The second-order valence-corrected chi connectivity index (χ2v) is 5.27. The fourth-order valence-electron chi connectivity index (χ4n) is 2.70. The van der Waals surface area contributed by atoms with Crippen LogP contribution >= 0.6 is 0 Å². The lowest BCUT2D eigenvalue weighted by Gasteiger charge is -2.26. The van der Waals surface area contributed by atoms with Gasteiger partial charge < -0.3 is 9.84 Å². The molecule has 0 atom stereocenters. The van der Waals surface area contributed by atoms with Crippen molar-refractivity contribution in [3.63, 3.8) is 0 Å². The molecule has 2 aromatic rings. The first-order chi connectivity index (χ1) is 9.83. The topological polar surface area (TPSA) is 45.6 Å². The Morgan fingerprint density at radius 3 is 2.85 bits per heavy atom. The van der Waals surface area contributed by atoms with E-state index in [1.165, 1.54) is 32.4 Å². The zero-order chi connectivity index (χ0) is 13.8. The summed E-state index contributed by atoms with van der Waals surface area (Å²) in [5, 5.41) is 11.5. The number of hydrogen-bond acceptors (Lipinski definition) is 4. The van der Waals surface area contributed by atoms with Gasteiger partial charge in [-0.25, -0.2) is 4.98 Å². The van der Waals surface area contributed by atoms with Gasteiger partial charge in [-0.3, -0.25) is 4.90 Å². The lowest BCUT2D eigenvalue weighted by molar-refractivity contribution is 0.181. The molecular weight excluding hydrogens is 252 g/mol. The van der Waals surface area contributed by atoms with Crippen molar-refractivity contribution in [2.45, 2.75) is 19.3 Å². The van der Waals surface area contributed by atoms with Crippen molar-refractivity contribution in [1.29, 1.82) is 0 Å². The molecule has 3 rings (SSSR count). The van der Waals surface area contributed by atoms with E-state index in [4.69, 9.17) is 4.74 Å². The molecule has 20 heavy (non-hydrogen) atoms. The molecule has 0 saturated carbocycles. The summed E-state index contributed by atoms with van der Waals surface area (Å²) in [5.74, 6) is 0.849. The van der Waals surface area contributed by atoms with Gasteiger partial charge in [0.1, 0.15) is 12.4 Å². The average molecular weight is 272 g/mol. The number of nitrogens with zero attached hydrogens (tertiary/aromatic N) is 2. The lowest BCUT2D eigenvalue weighted by atomic mass is 10.1. The number of rotatable bonds is 4. The highest BCUT2D eigenvalue weighted by atomic mass is 16.5. The van der Waals surface area contributed by atoms with E-state index < -0.39 is 0 Å². The van der Waals surface area contributed by atoms with Gasteiger partial charge in [0.05, 0.1) is 0 Å². The third-order valence-electron chi connectivity index (χ3n) is 3.81. The zero-order valence-corrected chi connectivity index (χ0v) is 11.6. The van der Waals surface area contributed by atoms with Crippen molar-refractivity contribution in [2.75, 3.05) is 26.2 Å². The van der Waals surface area contributed by atoms with Gasteiger partial charge >= 0.3 is 0 Å². The molecule has 0 aliphatic carbocycles. The third kappa shape index (κ3) is 3.02. The first kappa shape index (κ1) is 13.2. The maximum Gasteiger partial charge on any atom is 0.221 e. The smallest absolute Gasteiger partial charge is 0.221 e. The molecule has 1 aromatic heterocycles. The standard InChI is InChI=1S/C16H20N2O2/c19-14-5-4-13-6-7-17-16(15(13)12-14)20-11-10-18-8-2-1-3-9-18/h4-7,12,19H,1-3,8-11H2. The molecule has 1 fully saturated rings. The normalized spacial score (nSPS) is 16.4. The minimum Gasteiger partial charge on any atom is -0.508 e. The molecule has 1 aromatic carbocycles. The van der Waals surface area contributed by atoms with Crippen molar-refractivity contribution in [3.05, 3.63) is 30.5 Å². The van der Waals surface area contributed by atoms with Gasteiger partial charge in [0.25, 0.3) is 0 Å². The van der Waals surface area contributed by atoms with Crippen LogP contribution < -0.4 is 4.74 Å². The molecule has 4 nitrogen and oxygen atoms in total. The van der Waals surface area contributed by atoms with Gasteiger partial charge in [0, 0.05) is 18.1 Å². The summed E-state index contributed by atoms with van der Waals surface area (Å²) in [6.07, 6.45) is 5.68. The van der Waals surface area contributed by atoms with Gasteiger partial charge in [0.15, 0.2) is 0 Å². The van der Waals surface area contributed by atoms with Gasteiger partial charge in [-0.15, -0.1) is 0 Å². The maximum atomic E-state index is 9.59. The zero-order valence-electron chi connectivity index (χ0n) is 11.6. The molecule has 1 aliphatic heterocycles. The highest BCUT2D eigenvalue weighted by molar-refractivity contribution is 5.87. The molecule has 0 amide bonds. The second kappa shape index (κ2) is 6.09. The first-order valence-corrected chi connectivity index (χ1v) is 7.26. The number of ether oxygens (including phenoxy) is 1. The van der Waals surface area contributed by atoms with E-state index in [9.17, 15) is 5.11 Å². The number of aromatic hydroxyl groups is 1. The number of piperidine rings is 1. The fraction of sp³-hybridized carbons (Fsp3) is 0.438. The Morgan fingerprint density at radius 1 is 1.15 bits per heavy atom. The maximum absolute atomic E-state index is 9.59. The van der Waals surface area contributed by atoms with E-state index >= 15 is 0 Å². The Bertz CT molecular complexity index is 580. The van der Waals surface area contributed by atoms with Crippen LogP contribution in [-0.4, -0.2) is 41.2 Å². The summed E-state index contributed by atoms with van der Waals surface area (Å²) in [6.45, 7) is 3.93. The molecule has 106 valence electrons. The number of benzene rings is 1. The van der Waals surface area contributed by atoms with E-state index in [0.717, 1.165) is 17.3 Å². The lowest BCUT2D eigenvalue weighted by Crippen LogP contribution is -2.33. The van der Waals surface area contributed by atoms with Crippen LogP contribution in [0.1, 0.15) is 19.3 Å². The SMILES string of the molecule is Oc1ccc2ccnc(OCCN3CCCCC3)c2c1. The van der Waals surface area contributed by atoms with Gasteiger partial charge in [-0.1, -0.05) is 12.5 Å². The quantitative estimate of drug-likeness (QED) is 0.929. The Labute approximate surface area is 119 Å². The summed E-state index contributed by atoms with van der Waals surface area (Å²) in [5.41, 5.74) is 0. The van der Waals surface area contributed by atoms with E-state index in [-0.39, 0.29) is 5.75 Å². The Morgan fingerprint density at radius 2 is 2.00 bits per heavy atom. The minimum absolute atomic E-state index is 0.242. The number of fused-ring (bicyclic) bond motifs is 1. The van der Waals surface area contributed by atoms with Gasteiger partial charge in [-0.2, -0.15) is 0 Å². The number of pyridine rings is 1. The summed E-state index contributed by atoms with van der Waals surface area (Å²) in [4.78, 5) is 6.72. The van der Waals surface area contributed by atoms with E-state index in [1.807, 2.05) is 12.1 Å². The summed E-state index contributed by atoms with van der Waals surface area (Å²) in [6, 6.07) is 7.19. The van der Waals surface area contributed by atoms with Crippen LogP contribution in [-0.2, 0) is 0 Å². The molecular formula is C16H20N2O2. The van der Waals surface area contributed by atoms with Crippen molar-refractivity contribution in [3.8, 4) is 11.6 Å². The largest absolute Gasteiger partial charge is 0.508 e. The predicted octanol–water partition coefficient (Wildman–Crippen LogP) is 2.81. The van der Waals surface area contributed by atoms with Crippen LogP contribution in [0.5, 0.6) is 11.6 Å².